The van der Waals surface area contributed by atoms with Gasteiger partial charge in [-0.15, -0.1) is 0 Å². The van der Waals surface area contributed by atoms with Crippen LogP contribution in [0.5, 0.6) is 0 Å². The maximum Gasteiger partial charge on any atom is 0.297 e. The fraction of sp³-hybridized carbons (Fsp3) is 0.600. The van der Waals surface area contributed by atoms with Crippen LogP contribution < -0.4 is 0 Å². The molecule has 1 aromatic carbocycles. The van der Waals surface area contributed by atoms with Gasteiger partial charge in [0.2, 0.25) is 0 Å². The van der Waals surface area contributed by atoms with E-state index < -0.39 is 10.1 Å². The van der Waals surface area contributed by atoms with Gasteiger partial charge in [0.25, 0.3) is 10.1 Å². The second kappa shape index (κ2) is 7.35. The molecule has 0 bridgehead atoms. The van der Waals surface area contributed by atoms with Gasteiger partial charge in [-0.25, -0.2) is 0 Å². The molecule has 0 aromatic heterocycles. The second-order valence-electron chi connectivity index (χ2n) is 5.29. The average molecular weight is 314 g/mol. The highest BCUT2D eigenvalue weighted by Crippen LogP contribution is 2.17. The van der Waals surface area contributed by atoms with Gasteiger partial charge in [-0.1, -0.05) is 17.7 Å². The van der Waals surface area contributed by atoms with Gasteiger partial charge in [-0.2, -0.15) is 8.42 Å². The maximum atomic E-state index is 12.0. The lowest BCUT2D eigenvalue weighted by atomic mass is 10.2. The van der Waals surface area contributed by atoms with E-state index in [2.05, 4.69) is 0 Å². The minimum Gasteiger partial charge on any atom is -0.353 e. The van der Waals surface area contributed by atoms with E-state index in [1.807, 2.05) is 6.92 Å². The molecule has 0 radical (unpaired) electrons. The molecule has 1 fully saturated rings. The van der Waals surface area contributed by atoms with Gasteiger partial charge >= 0.3 is 0 Å². The highest BCUT2D eigenvalue weighted by Gasteiger charge is 2.20. The Morgan fingerprint density at radius 1 is 1.29 bits per heavy atom. The minimum absolute atomic E-state index is 0.0178. The molecule has 5 nitrogen and oxygen atoms in total. The first-order valence-electron chi connectivity index (χ1n) is 7.20. The second-order valence-corrected chi connectivity index (χ2v) is 6.91. The Morgan fingerprint density at radius 3 is 2.62 bits per heavy atom. The molecule has 0 aliphatic carbocycles. The van der Waals surface area contributed by atoms with Crippen LogP contribution in [0.3, 0.4) is 0 Å². The summed E-state index contributed by atoms with van der Waals surface area (Å²) in [6, 6.07) is 6.57. The molecule has 0 spiro atoms. The molecule has 2 atom stereocenters. The van der Waals surface area contributed by atoms with Gasteiger partial charge < -0.3 is 9.47 Å². The van der Waals surface area contributed by atoms with Gasteiger partial charge in [0.05, 0.1) is 17.6 Å². The quantitative estimate of drug-likeness (QED) is 0.755. The molecule has 0 saturated carbocycles. The van der Waals surface area contributed by atoms with E-state index in [1.54, 1.807) is 31.2 Å². The first kappa shape index (κ1) is 16.4. The van der Waals surface area contributed by atoms with Crippen molar-refractivity contribution in [3.05, 3.63) is 29.8 Å². The summed E-state index contributed by atoms with van der Waals surface area (Å²) in [6.07, 6.45) is 2.37. The van der Waals surface area contributed by atoms with Gasteiger partial charge in [0.15, 0.2) is 6.29 Å². The van der Waals surface area contributed by atoms with Gasteiger partial charge in [-0.05, 0) is 45.2 Å². The van der Waals surface area contributed by atoms with Crippen LogP contribution in [0.15, 0.2) is 29.2 Å². The van der Waals surface area contributed by atoms with Gasteiger partial charge in [-0.3, -0.25) is 4.18 Å². The minimum atomic E-state index is -3.73. The number of aryl methyl sites for hydroxylation is 1. The van der Waals surface area contributed by atoms with Crippen LogP contribution in [0.2, 0.25) is 0 Å². The molecule has 6 heteroatoms. The Bertz CT molecular complexity index is 532. The average Bonchev–Trinajstić information content (AvgIpc) is 2.47. The van der Waals surface area contributed by atoms with Crippen LogP contribution in [0.4, 0.5) is 0 Å². The zero-order valence-electron chi connectivity index (χ0n) is 12.4. The number of ether oxygens (including phenoxy) is 2. The summed E-state index contributed by atoms with van der Waals surface area (Å²) in [7, 11) is -3.73. The lowest BCUT2D eigenvalue weighted by Crippen LogP contribution is -2.29. The summed E-state index contributed by atoms with van der Waals surface area (Å²) in [5.74, 6) is 0. The molecule has 1 heterocycles. The van der Waals surface area contributed by atoms with Crippen molar-refractivity contribution in [1.29, 1.82) is 0 Å². The topological polar surface area (TPSA) is 61.8 Å². The third-order valence-corrected chi connectivity index (χ3v) is 4.59. The van der Waals surface area contributed by atoms with Crippen molar-refractivity contribution in [3.8, 4) is 0 Å². The standard InChI is InChI=1S/C15H22O5S/c1-12-6-8-14(9-7-12)21(16,17)19-11-13(2)20-15-5-3-4-10-18-15/h6-9,13,15H,3-5,10-11H2,1-2H3. The van der Waals surface area contributed by atoms with E-state index in [4.69, 9.17) is 13.7 Å². The monoisotopic (exact) mass is 314 g/mol. The van der Waals surface area contributed by atoms with E-state index in [-0.39, 0.29) is 23.9 Å². The maximum absolute atomic E-state index is 12.0. The summed E-state index contributed by atoms with van der Waals surface area (Å²) < 4.78 is 40.2. The largest absolute Gasteiger partial charge is 0.353 e. The van der Waals surface area contributed by atoms with Gasteiger partial charge in [0, 0.05) is 6.61 Å². The fourth-order valence-electron chi connectivity index (χ4n) is 2.08. The summed E-state index contributed by atoms with van der Waals surface area (Å²) >= 11 is 0. The number of hydrogen-bond acceptors (Lipinski definition) is 5. The zero-order valence-corrected chi connectivity index (χ0v) is 13.3. The zero-order chi connectivity index (χ0) is 15.3. The van der Waals surface area contributed by atoms with E-state index in [0.717, 1.165) is 24.8 Å². The molecule has 1 aromatic rings. The van der Waals surface area contributed by atoms with Crippen molar-refractivity contribution in [1.82, 2.24) is 0 Å². The Labute approximate surface area is 126 Å². The summed E-state index contributed by atoms with van der Waals surface area (Å²) in [6.45, 7) is 4.36. The van der Waals surface area contributed by atoms with Crippen LogP contribution in [-0.2, 0) is 23.8 Å². The molecule has 2 rings (SSSR count). The molecule has 1 saturated heterocycles. The fourth-order valence-corrected chi connectivity index (χ4v) is 3.05. The van der Waals surface area contributed by atoms with Crippen molar-refractivity contribution >= 4 is 10.1 Å². The van der Waals surface area contributed by atoms with Crippen LogP contribution >= 0.6 is 0 Å². The Balaban J connectivity index is 1.84. The normalized spacial score (nSPS) is 21.1. The first-order chi connectivity index (χ1) is 9.97. The molecule has 1 aliphatic rings. The highest BCUT2D eigenvalue weighted by molar-refractivity contribution is 7.86. The summed E-state index contributed by atoms with van der Waals surface area (Å²) in [5, 5.41) is 0. The molecule has 2 unspecified atom stereocenters. The van der Waals surface area contributed by atoms with E-state index in [9.17, 15) is 8.42 Å². The lowest BCUT2D eigenvalue weighted by molar-refractivity contribution is -0.188. The third kappa shape index (κ3) is 5.07. The summed E-state index contributed by atoms with van der Waals surface area (Å²) in [5.41, 5.74) is 1.00. The number of benzene rings is 1. The Kier molecular flexibility index (Phi) is 5.75. The third-order valence-electron chi connectivity index (χ3n) is 3.29. The van der Waals surface area contributed by atoms with Crippen molar-refractivity contribution in [3.63, 3.8) is 0 Å². The van der Waals surface area contributed by atoms with Crippen molar-refractivity contribution in [2.45, 2.75) is 50.4 Å². The van der Waals surface area contributed by atoms with E-state index in [0.29, 0.717) is 6.61 Å². The van der Waals surface area contributed by atoms with Crippen LogP contribution in [0.25, 0.3) is 0 Å². The number of rotatable bonds is 6. The Hall–Kier alpha value is -0.950. The molecule has 0 N–H and O–H groups in total. The summed E-state index contributed by atoms with van der Waals surface area (Å²) in [4.78, 5) is 0.161. The van der Waals surface area contributed by atoms with Gasteiger partial charge in [0.1, 0.15) is 0 Å². The van der Waals surface area contributed by atoms with E-state index in [1.165, 1.54) is 0 Å². The van der Waals surface area contributed by atoms with Crippen LogP contribution in [0, 0.1) is 6.92 Å². The molecule has 118 valence electrons. The Morgan fingerprint density at radius 2 is 2.00 bits per heavy atom. The van der Waals surface area contributed by atoms with Crippen LogP contribution in [-0.4, -0.2) is 34.0 Å². The predicted molar refractivity (Wildman–Crippen MR) is 78.5 cm³/mol. The lowest BCUT2D eigenvalue weighted by Gasteiger charge is -2.25. The number of hydrogen-bond donors (Lipinski definition) is 0. The van der Waals surface area contributed by atoms with Crippen molar-refractivity contribution in [2.24, 2.45) is 0 Å². The molecule has 0 amide bonds. The van der Waals surface area contributed by atoms with Crippen molar-refractivity contribution < 1.29 is 22.1 Å². The molecule has 21 heavy (non-hydrogen) atoms. The molecular formula is C15H22O5S. The molecular weight excluding hydrogens is 292 g/mol. The highest BCUT2D eigenvalue weighted by atomic mass is 32.2. The smallest absolute Gasteiger partial charge is 0.297 e. The van der Waals surface area contributed by atoms with Crippen LogP contribution in [0.1, 0.15) is 31.7 Å². The molecule has 1 aliphatic heterocycles. The first-order valence-corrected chi connectivity index (χ1v) is 8.61. The predicted octanol–water partition coefficient (Wildman–Crippen LogP) is 2.63. The van der Waals surface area contributed by atoms with E-state index >= 15 is 0 Å². The van der Waals surface area contributed by atoms with Crippen molar-refractivity contribution in [2.75, 3.05) is 13.2 Å². The SMILES string of the molecule is Cc1ccc(S(=O)(=O)OCC(C)OC2CCCCO2)cc1.